The topological polar surface area (TPSA) is 59.6 Å². The van der Waals surface area contributed by atoms with E-state index in [1.807, 2.05) is 6.92 Å². The van der Waals surface area contributed by atoms with Gasteiger partial charge in [-0.05, 0) is 13.3 Å². The number of ether oxygens (including phenoxy) is 1. The minimum absolute atomic E-state index is 0. The molecule has 0 aliphatic carbocycles. The van der Waals surface area contributed by atoms with Crippen molar-refractivity contribution in [1.82, 2.24) is 5.32 Å². The Balaban J connectivity index is 0. The van der Waals surface area contributed by atoms with Gasteiger partial charge in [-0.2, -0.15) is 0 Å². The third-order valence-electron chi connectivity index (χ3n) is 1.71. The highest BCUT2D eigenvalue weighted by Gasteiger charge is 1.91. The number of hydrogen-bond donors (Lipinski definition) is 2. The smallest absolute Gasteiger partial charge is 0.188 e. The SMILES string of the molecule is C=C(C)CN=C(N)NCCOCCCC.I. The standard InChI is InChI=1S/C11H23N3O.HI/c1-4-5-7-15-8-6-13-11(12)14-9-10(2)3;/h2,4-9H2,1,3H3,(H3,12,13,14);1H. The molecule has 0 fully saturated rings. The molecular weight excluding hydrogens is 317 g/mol. The summed E-state index contributed by atoms with van der Waals surface area (Å²) in [5, 5.41) is 2.98. The van der Waals surface area contributed by atoms with E-state index in [-0.39, 0.29) is 24.0 Å². The van der Waals surface area contributed by atoms with Gasteiger partial charge in [0, 0.05) is 13.2 Å². The zero-order valence-electron chi connectivity index (χ0n) is 10.3. The fourth-order valence-corrected chi connectivity index (χ4v) is 0.876. The van der Waals surface area contributed by atoms with Gasteiger partial charge >= 0.3 is 0 Å². The van der Waals surface area contributed by atoms with Crippen LogP contribution in [0.5, 0.6) is 0 Å². The monoisotopic (exact) mass is 341 g/mol. The second-order valence-corrected chi connectivity index (χ2v) is 3.55. The molecule has 16 heavy (non-hydrogen) atoms. The molecule has 96 valence electrons. The maximum atomic E-state index is 5.61. The Morgan fingerprint density at radius 1 is 1.44 bits per heavy atom. The quantitative estimate of drug-likeness (QED) is 0.233. The fraction of sp³-hybridized carbons (Fsp3) is 0.727. The molecule has 0 aromatic carbocycles. The Morgan fingerprint density at radius 3 is 2.69 bits per heavy atom. The molecule has 0 saturated carbocycles. The van der Waals surface area contributed by atoms with Gasteiger partial charge in [0.1, 0.15) is 0 Å². The van der Waals surface area contributed by atoms with Gasteiger partial charge in [0.05, 0.1) is 13.2 Å². The first-order chi connectivity index (χ1) is 7.16. The number of hydrogen-bond acceptors (Lipinski definition) is 2. The zero-order chi connectivity index (χ0) is 11.5. The Labute approximate surface area is 116 Å². The highest BCUT2D eigenvalue weighted by Crippen LogP contribution is 1.87. The molecule has 0 rings (SSSR count). The van der Waals surface area contributed by atoms with E-state index in [4.69, 9.17) is 10.5 Å². The molecule has 0 aliphatic heterocycles. The normalized spacial score (nSPS) is 10.8. The van der Waals surface area contributed by atoms with E-state index in [2.05, 4.69) is 23.8 Å². The molecule has 0 aromatic rings. The maximum Gasteiger partial charge on any atom is 0.188 e. The third kappa shape index (κ3) is 13.7. The average Bonchev–Trinajstić information content (AvgIpc) is 2.20. The van der Waals surface area contributed by atoms with Crippen molar-refractivity contribution in [1.29, 1.82) is 0 Å². The van der Waals surface area contributed by atoms with E-state index >= 15 is 0 Å². The molecule has 0 saturated heterocycles. The van der Waals surface area contributed by atoms with Crippen LogP contribution in [0.4, 0.5) is 0 Å². The van der Waals surface area contributed by atoms with Gasteiger partial charge in [-0.25, -0.2) is 4.99 Å². The molecule has 0 amide bonds. The van der Waals surface area contributed by atoms with Crippen LogP contribution >= 0.6 is 24.0 Å². The Kier molecular flexibility index (Phi) is 14.4. The number of aliphatic imine (C=N–C) groups is 1. The average molecular weight is 341 g/mol. The van der Waals surface area contributed by atoms with Gasteiger partial charge in [-0.15, -0.1) is 24.0 Å². The number of nitrogens with one attached hydrogen (secondary N) is 1. The van der Waals surface area contributed by atoms with Crippen molar-refractivity contribution in [2.45, 2.75) is 26.7 Å². The maximum absolute atomic E-state index is 5.61. The predicted octanol–water partition coefficient (Wildman–Crippen LogP) is 1.90. The van der Waals surface area contributed by atoms with Crippen LogP contribution in [0.25, 0.3) is 0 Å². The summed E-state index contributed by atoms with van der Waals surface area (Å²) in [7, 11) is 0. The van der Waals surface area contributed by atoms with Gasteiger partial charge in [-0.3, -0.25) is 0 Å². The van der Waals surface area contributed by atoms with E-state index in [0.717, 1.165) is 25.0 Å². The molecular formula is C11H24IN3O. The number of nitrogens with two attached hydrogens (primary N) is 1. The Morgan fingerprint density at radius 2 is 2.12 bits per heavy atom. The third-order valence-corrected chi connectivity index (χ3v) is 1.71. The summed E-state index contributed by atoms with van der Waals surface area (Å²) in [5.74, 6) is 0.456. The molecule has 0 bridgehead atoms. The second kappa shape index (κ2) is 12.8. The predicted molar refractivity (Wildman–Crippen MR) is 80.4 cm³/mol. The lowest BCUT2D eigenvalue weighted by atomic mass is 10.4. The first-order valence-electron chi connectivity index (χ1n) is 5.42. The minimum atomic E-state index is 0. The molecule has 5 heteroatoms. The van der Waals surface area contributed by atoms with E-state index in [1.165, 1.54) is 0 Å². The van der Waals surface area contributed by atoms with Crippen molar-refractivity contribution in [3.63, 3.8) is 0 Å². The van der Waals surface area contributed by atoms with E-state index in [1.54, 1.807) is 0 Å². The molecule has 0 heterocycles. The van der Waals surface area contributed by atoms with Gasteiger partial charge < -0.3 is 15.8 Å². The van der Waals surface area contributed by atoms with Crippen molar-refractivity contribution >= 4 is 29.9 Å². The number of halogens is 1. The van der Waals surface area contributed by atoms with Crippen molar-refractivity contribution in [2.24, 2.45) is 10.7 Å². The van der Waals surface area contributed by atoms with E-state index in [0.29, 0.717) is 25.7 Å². The number of rotatable bonds is 8. The lowest BCUT2D eigenvalue weighted by Gasteiger charge is -2.06. The van der Waals surface area contributed by atoms with E-state index in [9.17, 15) is 0 Å². The van der Waals surface area contributed by atoms with Crippen molar-refractivity contribution in [2.75, 3.05) is 26.3 Å². The first-order valence-corrected chi connectivity index (χ1v) is 5.42. The largest absolute Gasteiger partial charge is 0.380 e. The van der Waals surface area contributed by atoms with Crippen LogP contribution in [0.1, 0.15) is 26.7 Å². The Bertz CT molecular complexity index is 207. The van der Waals surface area contributed by atoms with E-state index < -0.39 is 0 Å². The number of unbranched alkanes of at least 4 members (excludes halogenated alkanes) is 1. The summed E-state index contributed by atoms with van der Waals surface area (Å²) < 4.78 is 5.36. The van der Waals surface area contributed by atoms with Gasteiger partial charge in [-0.1, -0.05) is 25.5 Å². The lowest BCUT2D eigenvalue weighted by Crippen LogP contribution is -2.34. The summed E-state index contributed by atoms with van der Waals surface area (Å²) >= 11 is 0. The minimum Gasteiger partial charge on any atom is -0.380 e. The van der Waals surface area contributed by atoms with Crippen LogP contribution < -0.4 is 11.1 Å². The van der Waals surface area contributed by atoms with Crippen LogP contribution in [-0.2, 0) is 4.74 Å². The highest BCUT2D eigenvalue weighted by molar-refractivity contribution is 14.0. The summed E-state index contributed by atoms with van der Waals surface area (Å²) in [4.78, 5) is 4.09. The second-order valence-electron chi connectivity index (χ2n) is 3.55. The molecule has 0 unspecified atom stereocenters. The molecule has 0 aromatic heterocycles. The molecule has 0 aliphatic rings. The highest BCUT2D eigenvalue weighted by atomic mass is 127. The molecule has 0 spiro atoms. The van der Waals surface area contributed by atoms with Crippen molar-refractivity contribution < 1.29 is 4.74 Å². The van der Waals surface area contributed by atoms with Gasteiger partial charge in [0.25, 0.3) is 0 Å². The van der Waals surface area contributed by atoms with Crippen LogP contribution in [0, 0.1) is 0 Å². The zero-order valence-corrected chi connectivity index (χ0v) is 12.6. The molecule has 4 nitrogen and oxygen atoms in total. The summed E-state index contributed by atoms with van der Waals surface area (Å²) in [6.45, 7) is 10.6. The molecule has 0 atom stereocenters. The van der Waals surface area contributed by atoms with Gasteiger partial charge in [0.15, 0.2) is 5.96 Å². The summed E-state index contributed by atoms with van der Waals surface area (Å²) in [6, 6.07) is 0. The van der Waals surface area contributed by atoms with Crippen molar-refractivity contribution in [3.8, 4) is 0 Å². The first kappa shape index (κ1) is 18.1. The van der Waals surface area contributed by atoms with Crippen LogP contribution in [0.3, 0.4) is 0 Å². The summed E-state index contributed by atoms with van der Waals surface area (Å²) in [5.41, 5.74) is 6.60. The lowest BCUT2D eigenvalue weighted by molar-refractivity contribution is 0.136. The Hall–Kier alpha value is -0.300. The van der Waals surface area contributed by atoms with Crippen LogP contribution in [0.2, 0.25) is 0 Å². The summed E-state index contributed by atoms with van der Waals surface area (Å²) in [6.07, 6.45) is 2.27. The molecule has 3 N–H and O–H groups in total. The van der Waals surface area contributed by atoms with Crippen LogP contribution in [0.15, 0.2) is 17.1 Å². The fourth-order valence-electron chi connectivity index (χ4n) is 0.876. The van der Waals surface area contributed by atoms with Gasteiger partial charge in [0.2, 0.25) is 0 Å². The number of nitrogens with zero attached hydrogens (tertiary/aromatic N) is 1. The molecule has 0 radical (unpaired) electrons. The van der Waals surface area contributed by atoms with Crippen molar-refractivity contribution in [3.05, 3.63) is 12.2 Å². The van der Waals surface area contributed by atoms with Crippen LogP contribution in [-0.4, -0.2) is 32.3 Å². The number of guanidine groups is 1.